The number of hydrogen-bond acceptors (Lipinski definition) is 2. The second-order valence-electron chi connectivity index (χ2n) is 4.50. The molecular weight excluding hydrogens is 301 g/mol. The molecular formula is C14H13ClFNO2S. The number of nitrogens with one attached hydrogen (secondary N) is 1. The van der Waals surface area contributed by atoms with Gasteiger partial charge >= 0.3 is 0 Å². The molecule has 0 radical (unpaired) electrons. The van der Waals surface area contributed by atoms with Gasteiger partial charge in [-0.25, -0.2) is 12.8 Å². The van der Waals surface area contributed by atoms with E-state index in [0.717, 1.165) is 11.6 Å². The number of aryl methyl sites for hydroxylation is 2. The van der Waals surface area contributed by atoms with E-state index >= 15 is 0 Å². The summed E-state index contributed by atoms with van der Waals surface area (Å²) in [6.45, 7) is 3.41. The van der Waals surface area contributed by atoms with Crippen molar-refractivity contribution in [3.63, 3.8) is 0 Å². The van der Waals surface area contributed by atoms with E-state index < -0.39 is 15.8 Å². The molecule has 106 valence electrons. The maximum Gasteiger partial charge on any atom is 0.262 e. The summed E-state index contributed by atoms with van der Waals surface area (Å²) in [5.41, 5.74) is 1.56. The molecule has 0 aromatic heterocycles. The maximum absolute atomic E-state index is 13.5. The smallest absolute Gasteiger partial charge is 0.262 e. The molecule has 0 aliphatic heterocycles. The van der Waals surface area contributed by atoms with Crippen molar-refractivity contribution in [1.82, 2.24) is 0 Å². The van der Waals surface area contributed by atoms with Crippen LogP contribution in [0.5, 0.6) is 0 Å². The summed E-state index contributed by atoms with van der Waals surface area (Å²) in [6, 6.07) is 8.71. The Hall–Kier alpha value is -1.59. The highest BCUT2D eigenvalue weighted by Gasteiger charge is 2.17. The van der Waals surface area contributed by atoms with Crippen molar-refractivity contribution >= 4 is 27.3 Å². The number of halogens is 2. The first-order valence-electron chi connectivity index (χ1n) is 5.85. The Kier molecular flexibility index (Phi) is 4.01. The second kappa shape index (κ2) is 5.42. The van der Waals surface area contributed by atoms with Gasteiger partial charge in [-0.1, -0.05) is 23.7 Å². The van der Waals surface area contributed by atoms with Crippen LogP contribution in [0.25, 0.3) is 0 Å². The maximum atomic E-state index is 13.5. The van der Waals surface area contributed by atoms with E-state index in [0.29, 0.717) is 10.6 Å². The standard InChI is InChI=1S/C14H13ClFNO2S/c1-9-3-6-14(12(15)7-9)17-20(18,19)11-5-4-10(2)13(16)8-11/h3-8,17H,1-2H3. The third-order valence-corrected chi connectivity index (χ3v) is 4.50. The molecule has 0 fully saturated rings. The van der Waals surface area contributed by atoms with Gasteiger partial charge in [-0.15, -0.1) is 0 Å². The summed E-state index contributed by atoms with van der Waals surface area (Å²) in [5.74, 6) is -0.567. The highest BCUT2D eigenvalue weighted by molar-refractivity contribution is 7.92. The molecule has 0 aliphatic carbocycles. The van der Waals surface area contributed by atoms with Gasteiger partial charge in [0, 0.05) is 0 Å². The van der Waals surface area contributed by atoms with Crippen LogP contribution in [0, 0.1) is 19.7 Å². The molecule has 0 atom stereocenters. The number of anilines is 1. The Morgan fingerprint density at radius 1 is 1.10 bits per heavy atom. The Morgan fingerprint density at radius 3 is 2.40 bits per heavy atom. The number of rotatable bonds is 3. The summed E-state index contributed by atoms with van der Waals surface area (Å²) in [4.78, 5) is -0.141. The Balaban J connectivity index is 2.38. The molecule has 0 amide bonds. The summed E-state index contributed by atoms with van der Waals surface area (Å²) >= 11 is 5.98. The van der Waals surface area contributed by atoms with Gasteiger partial charge in [0.15, 0.2) is 0 Å². The summed E-state index contributed by atoms with van der Waals surface area (Å²) in [7, 11) is -3.86. The first-order valence-corrected chi connectivity index (χ1v) is 7.71. The Morgan fingerprint density at radius 2 is 1.80 bits per heavy atom. The minimum absolute atomic E-state index is 0.141. The fraction of sp³-hybridized carbons (Fsp3) is 0.143. The third kappa shape index (κ3) is 3.11. The monoisotopic (exact) mass is 313 g/mol. The van der Waals surface area contributed by atoms with Crippen LogP contribution in [0.2, 0.25) is 5.02 Å². The highest BCUT2D eigenvalue weighted by atomic mass is 35.5. The normalized spacial score (nSPS) is 11.4. The molecule has 2 rings (SSSR count). The van der Waals surface area contributed by atoms with E-state index in [1.54, 1.807) is 25.1 Å². The fourth-order valence-corrected chi connectivity index (χ4v) is 3.08. The molecule has 0 saturated carbocycles. The van der Waals surface area contributed by atoms with Crippen molar-refractivity contribution in [1.29, 1.82) is 0 Å². The zero-order valence-electron chi connectivity index (χ0n) is 10.9. The molecule has 3 nitrogen and oxygen atoms in total. The molecule has 2 aromatic rings. The zero-order valence-corrected chi connectivity index (χ0v) is 12.5. The molecule has 0 saturated heterocycles. The quantitative estimate of drug-likeness (QED) is 0.934. The first kappa shape index (κ1) is 14.8. The predicted molar refractivity (Wildman–Crippen MR) is 78.1 cm³/mol. The van der Waals surface area contributed by atoms with Crippen LogP contribution < -0.4 is 4.72 Å². The lowest BCUT2D eigenvalue weighted by atomic mass is 10.2. The zero-order chi connectivity index (χ0) is 14.9. The average molecular weight is 314 g/mol. The lowest BCUT2D eigenvalue weighted by Gasteiger charge is -2.10. The van der Waals surface area contributed by atoms with E-state index in [2.05, 4.69) is 4.72 Å². The average Bonchev–Trinajstić information content (AvgIpc) is 2.36. The number of hydrogen-bond donors (Lipinski definition) is 1. The van der Waals surface area contributed by atoms with Crippen LogP contribution in [-0.4, -0.2) is 8.42 Å². The van der Waals surface area contributed by atoms with E-state index in [1.807, 2.05) is 6.92 Å². The van der Waals surface area contributed by atoms with Crippen LogP contribution in [0.1, 0.15) is 11.1 Å². The van der Waals surface area contributed by atoms with Gasteiger partial charge in [-0.05, 0) is 49.2 Å². The van der Waals surface area contributed by atoms with Crippen LogP contribution in [0.15, 0.2) is 41.3 Å². The van der Waals surface area contributed by atoms with Gasteiger partial charge in [-0.2, -0.15) is 0 Å². The van der Waals surface area contributed by atoms with Gasteiger partial charge in [-0.3, -0.25) is 4.72 Å². The minimum atomic E-state index is -3.86. The van der Waals surface area contributed by atoms with E-state index in [1.165, 1.54) is 12.1 Å². The van der Waals surface area contributed by atoms with Crippen molar-refractivity contribution in [3.8, 4) is 0 Å². The molecule has 0 unspecified atom stereocenters. The van der Waals surface area contributed by atoms with Crippen molar-refractivity contribution in [2.24, 2.45) is 0 Å². The minimum Gasteiger partial charge on any atom is -0.278 e. The molecule has 0 heterocycles. The van der Waals surface area contributed by atoms with E-state index in [9.17, 15) is 12.8 Å². The molecule has 1 N–H and O–H groups in total. The van der Waals surface area contributed by atoms with Gasteiger partial charge in [0.05, 0.1) is 15.6 Å². The van der Waals surface area contributed by atoms with Gasteiger partial charge < -0.3 is 0 Å². The molecule has 6 heteroatoms. The van der Waals surface area contributed by atoms with E-state index in [-0.39, 0.29) is 10.6 Å². The fourth-order valence-electron chi connectivity index (χ4n) is 1.65. The van der Waals surface area contributed by atoms with Crippen LogP contribution in [-0.2, 0) is 10.0 Å². The van der Waals surface area contributed by atoms with Gasteiger partial charge in [0.1, 0.15) is 5.82 Å². The number of sulfonamides is 1. The summed E-state index contributed by atoms with van der Waals surface area (Å²) < 4.78 is 40.1. The first-order chi connectivity index (χ1) is 9.29. The second-order valence-corrected chi connectivity index (χ2v) is 6.59. The molecule has 0 spiro atoms. The largest absolute Gasteiger partial charge is 0.278 e. The molecule has 2 aromatic carbocycles. The van der Waals surface area contributed by atoms with E-state index in [4.69, 9.17) is 11.6 Å². The molecule has 0 bridgehead atoms. The predicted octanol–water partition coefficient (Wildman–Crippen LogP) is 3.90. The van der Waals surface area contributed by atoms with Crippen molar-refractivity contribution in [2.75, 3.05) is 4.72 Å². The lowest BCUT2D eigenvalue weighted by Crippen LogP contribution is -2.13. The van der Waals surface area contributed by atoms with Crippen LogP contribution in [0.4, 0.5) is 10.1 Å². The highest BCUT2D eigenvalue weighted by Crippen LogP contribution is 2.26. The molecule has 0 aliphatic rings. The number of benzene rings is 2. The van der Waals surface area contributed by atoms with Gasteiger partial charge in [0.2, 0.25) is 0 Å². The Labute approximate surface area is 122 Å². The van der Waals surface area contributed by atoms with Crippen LogP contribution in [0.3, 0.4) is 0 Å². The third-order valence-electron chi connectivity index (χ3n) is 2.82. The SMILES string of the molecule is Cc1ccc(NS(=O)(=O)c2ccc(C)c(F)c2)c(Cl)c1. The Bertz CT molecular complexity index is 760. The molecule has 20 heavy (non-hydrogen) atoms. The lowest BCUT2D eigenvalue weighted by molar-refractivity contribution is 0.593. The van der Waals surface area contributed by atoms with Gasteiger partial charge in [0.25, 0.3) is 10.0 Å². The summed E-state index contributed by atoms with van der Waals surface area (Å²) in [5, 5.41) is 0.293. The van der Waals surface area contributed by atoms with Crippen molar-refractivity contribution < 1.29 is 12.8 Å². The topological polar surface area (TPSA) is 46.2 Å². The summed E-state index contributed by atoms with van der Waals surface area (Å²) in [6.07, 6.45) is 0. The van der Waals surface area contributed by atoms with Crippen LogP contribution >= 0.6 is 11.6 Å². The van der Waals surface area contributed by atoms with Crippen molar-refractivity contribution in [2.45, 2.75) is 18.7 Å². The van der Waals surface area contributed by atoms with Crippen molar-refractivity contribution in [3.05, 3.63) is 58.4 Å².